The maximum Gasteiger partial charge on any atom is 0.252 e. The summed E-state index contributed by atoms with van der Waals surface area (Å²) >= 11 is 0. The smallest absolute Gasteiger partial charge is 0.252 e. The number of hydrogen-bond acceptors (Lipinski definition) is 5. The summed E-state index contributed by atoms with van der Waals surface area (Å²) in [6.07, 6.45) is 9.92. The largest absolute Gasteiger partial charge is 0.393 e. The van der Waals surface area contributed by atoms with Gasteiger partial charge in [-0.1, -0.05) is 12.8 Å². The Morgan fingerprint density at radius 3 is 2.46 bits per heavy atom. The van der Waals surface area contributed by atoms with Crippen molar-refractivity contribution in [3.63, 3.8) is 0 Å². The Morgan fingerprint density at radius 1 is 1.08 bits per heavy atom. The zero-order chi connectivity index (χ0) is 17.8. The number of aryl methyl sites for hydroxylation is 1. The van der Waals surface area contributed by atoms with Crippen molar-refractivity contribution in [3.05, 3.63) is 28.2 Å². The van der Waals surface area contributed by atoms with Gasteiger partial charge in [0.1, 0.15) is 5.65 Å². The number of hydrogen-bond donors (Lipinski definition) is 1. The van der Waals surface area contributed by atoms with Crippen LogP contribution in [0.4, 0.5) is 5.95 Å². The number of pyridine rings is 1. The maximum atomic E-state index is 12.8. The first-order chi connectivity index (χ1) is 12.6. The number of aliphatic hydroxyl groups excluding tert-OH is 1. The fourth-order valence-electron chi connectivity index (χ4n) is 5.38. The molecule has 1 N–H and O–H groups in total. The van der Waals surface area contributed by atoms with E-state index in [1.54, 1.807) is 6.07 Å². The number of anilines is 1. The van der Waals surface area contributed by atoms with E-state index < -0.39 is 0 Å². The lowest BCUT2D eigenvalue weighted by molar-refractivity contribution is 0.125. The molecule has 0 aromatic carbocycles. The van der Waals surface area contributed by atoms with E-state index in [4.69, 9.17) is 4.98 Å². The van der Waals surface area contributed by atoms with Crippen molar-refractivity contribution in [1.82, 2.24) is 14.5 Å². The highest BCUT2D eigenvalue weighted by Crippen LogP contribution is 2.38. The van der Waals surface area contributed by atoms with E-state index in [0.717, 1.165) is 61.1 Å². The van der Waals surface area contributed by atoms with Crippen LogP contribution in [0.15, 0.2) is 17.1 Å². The van der Waals surface area contributed by atoms with Gasteiger partial charge in [0, 0.05) is 35.8 Å². The highest BCUT2D eigenvalue weighted by molar-refractivity contribution is 5.79. The maximum absolute atomic E-state index is 12.8. The molecule has 4 heterocycles. The zero-order valence-corrected chi connectivity index (χ0v) is 15.3. The second-order valence-corrected chi connectivity index (χ2v) is 8.30. The summed E-state index contributed by atoms with van der Waals surface area (Å²) in [6.45, 7) is 1.96. The molecule has 0 amide bonds. The lowest BCUT2D eigenvalue weighted by Gasteiger charge is -2.37. The molecule has 6 heteroatoms. The van der Waals surface area contributed by atoms with Crippen LogP contribution in [-0.4, -0.2) is 37.8 Å². The Morgan fingerprint density at radius 2 is 1.77 bits per heavy atom. The van der Waals surface area contributed by atoms with Crippen molar-refractivity contribution in [3.8, 4) is 0 Å². The number of fused-ring (bicyclic) bond motifs is 3. The van der Waals surface area contributed by atoms with Crippen molar-refractivity contribution in [2.45, 2.75) is 82.5 Å². The van der Waals surface area contributed by atoms with Gasteiger partial charge >= 0.3 is 0 Å². The van der Waals surface area contributed by atoms with Crippen LogP contribution < -0.4 is 10.5 Å². The van der Waals surface area contributed by atoms with Gasteiger partial charge in [-0.3, -0.25) is 9.36 Å². The fraction of sp³-hybridized carbons (Fsp3) is 0.650. The summed E-state index contributed by atoms with van der Waals surface area (Å²) in [5, 5.41) is 11.1. The first-order valence-electron chi connectivity index (χ1n) is 9.97. The molecule has 26 heavy (non-hydrogen) atoms. The van der Waals surface area contributed by atoms with Crippen molar-refractivity contribution >= 4 is 17.0 Å². The third kappa shape index (κ3) is 2.46. The van der Waals surface area contributed by atoms with Crippen molar-refractivity contribution < 1.29 is 5.11 Å². The van der Waals surface area contributed by atoms with Gasteiger partial charge in [0.05, 0.1) is 6.10 Å². The summed E-state index contributed by atoms with van der Waals surface area (Å²) in [7, 11) is 0. The van der Waals surface area contributed by atoms with Gasteiger partial charge in [0.25, 0.3) is 5.56 Å². The van der Waals surface area contributed by atoms with Crippen LogP contribution in [0, 0.1) is 6.92 Å². The van der Waals surface area contributed by atoms with E-state index in [9.17, 15) is 9.90 Å². The molecule has 138 valence electrons. The summed E-state index contributed by atoms with van der Waals surface area (Å²) in [5.74, 6) is 0.730. The van der Waals surface area contributed by atoms with Crippen LogP contribution in [-0.2, 0) is 0 Å². The van der Waals surface area contributed by atoms with Crippen molar-refractivity contribution in [2.75, 3.05) is 4.90 Å². The molecule has 0 radical (unpaired) electrons. The molecule has 2 aromatic heterocycles. The molecule has 3 aliphatic rings. The average Bonchev–Trinajstić information content (AvgIpc) is 3.21. The van der Waals surface area contributed by atoms with Gasteiger partial charge in [-0.05, 0) is 51.0 Å². The standard InChI is InChI=1S/C20H26N4O2/c1-12-8-18(26)24(13-4-2-3-5-13)19-17(12)11-21-20(22-19)23-14-6-7-15(23)10-16(25)9-14/h8,11,13-16,25H,2-7,9-10H2,1H3. The molecule has 2 aliphatic heterocycles. The molecule has 2 bridgehead atoms. The Labute approximate surface area is 152 Å². The summed E-state index contributed by atoms with van der Waals surface area (Å²) in [6, 6.07) is 2.62. The molecule has 0 spiro atoms. The highest BCUT2D eigenvalue weighted by atomic mass is 16.3. The number of rotatable bonds is 2. The van der Waals surface area contributed by atoms with E-state index in [0.29, 0.717) is 12.1 Å². The first kappa shape index (κ1) is 16.2. The Hall–Kier alpha value is -1.95. The summed E-state index contributed by atoms with van der Waals surface area (Å²) in [4.78, 5) is 24.7. The predicted octanol–water partition coefficient (Wildman–Crippen LogP) is 2.71. The van der Waals surface area contributed by atoms with E-state index in [-0.39, 0.29) is 17.7 Å². The molecule has 1 saturated carbocycles. The number of nitrogens with zero attached hydrogens (tertiary/aromatic N) is 4. The van der Waals surface area contributed by atoms with Gasteiger partial charge in [0.15, 0.2) is 0 Å². The minimum Gasteiger partial charge on any atom is -0.393 e. The Kier molecular flexibility index (Phi) is 3.78. The summed E-state index contributed by atoms with van der Waals surface area (Å²) in [5.41, 5.74) is 1.80. The second-order valence-electron chi connectivity index (χ2n) is 8.30. The van der Waals surface area contributed by atoms with Gasteiger partial charge in [-0.25, -0.2) is 4.98 Å². The second kappa shape index (κ2) is 6.05. The van der Waals surface area contributed by atoms with Crippen LogP contribution in [0.5, 0.6) is 0 Å². The van der Waals surface area contributed by atoms with E-state index >= 15 is 0 Å². The number of aromatic nitrogens is 3. The SMILES string of the molecule is Cc1cc(=O)n(C2CCCC2)c2nc(N3C4CCC3CC(O)C4)ncc12. The third-order valence-corrected chi connectivity index (χ3v) is 6.62. The molecular formula is C20H26N4O2. The van der Waals surface area contributed by atoms with E-state index in [2.05, 4.69) is 9.88 Å². The molecule has 6 nitrogen and oxygen atoms in total. The minimum atomic E-state index is -0.205. The van der Waals surface area contributed by atoms with Gasteiger partial charge in [-0.15, -0.1) is 0 Å². The van der Waals surface area contributed by atoms with Crippen LogP contribution in [0.3, 0.4) is 0 Å². The first-order valence-corrected chi connectivity index (χ1v) is 9.97. The fourth-order valence-corrected chi connectivity index (χ4v) is 5.38. The van der Waals surface area contributed by atoms with Crippen LogP contribution in [0.25, 0.3) is 11.0 Å². The lowest BCUT2D eigenvalue weighted by Crippen LogP contribution is -2.45. The van der Waals surface area contributed by atoms with Crippen molar-refractivity contribution in [1.29, 1.82) is 0 Å². The molecule has 2 atom stereocenters. The van der Waals surface area contributed by atoms with Crippen LogP contribution >= 0.6 is 0 Å². The quantitative estimate of drug-likeness (QED) is 0.898. The molecule has 5 rings (SSSR count). The van der Waals surface area contributed by atoms with Crippen molar-refractivity contribution in [2.24, 2.45) is 0 Å². The topological polar surface area (TPSA) is 71.2 Å². The average molecular weight is 354 g/mol. The highest BCUT2D eigenvalue weighted by Gasteiger charge is 2.41. The van der Waals surface area contributed by atoms with Crippen LogP contribution in [0.2, 0.25) is 0 Å². The molecule has 2 saturated heterocycles. The Bertz CT molecular complexity index is 889. The van der Waals surface area contributed by atoms with Crippen LogP contribution in [0.1, 0.15) is 63.0 Å². The number of aliphatic hydroxyl groups is 1. The molecular weight excluding hydrogens is 328 g/mol. The van der Waals surface area contributed by atoms with Gasteiger partial charge in [0.2, 0.25) is 5.95 Å². The normalized spacial score (nSPS) is 29.0. The minimum absolute atomic E-state index is 0.0589. The molecule has 2 unspecified atom stereocenters. The third-order valence-electron chi connectivity index (χ3n) is 6.62. The molecule has 1 aliphatic carbocycles. The monoisotopic (exact) mass is 354 g/mol. The molecule has 2 aromatic rings. The lowest BCUT2D eigenvalue weighted by atomic mass is 10.0. The van der Waals surface area contributed by atoms with E-state index in [1.807, 2.05) is 17.7 Å². The predicted molar refractivity (Wildman–Crippen MR) is 101 cm³/mol. The zero-order valence-electron chi connectivity index (χ0n) is 15.3. The van der Waals surface area contributed by atoms with E-state index in [1.165, 1.54) is 12.8 Å². The van der Waals surface area contributed by atoms with Gasteiger partial charge in [-0.2, -0.15) is 4.98 Å². The molecule has 3 fully saturated rings. The number of piperidine rings is 1. The summed E-state index contributed by atoms with van der Waals surface area (Å²) < 4.78 is 1.92. The Balaban J connectivity index is 1.65. The van der Waals surface area contributed by atoms with Gasteiger partial charge < -0.3 is 10.0 Å².